The standard InChI is InChI=1S/C23H28ClN3O5S/c1-16-6-7-17(33(29,30)27-8-3-2-4-9-27)12-19(16)26-23(28)15-25-20-14-22-21(13-18(20)24)31-10-5-11-32-22/h6-7,12-14,25H,2-5,8-11,15H2,1H3,(H,26,28). The zero-order valence-electron chi connectivity index (χ0n) is 18.5. The molecule has 0 aliphatic carbocycles. The minimum atomic E-state index is -3.59. The van der Waals surface area contributed by atoms with Crippen LogP contribution in [-0.4, -0.2) is 51.5 Å². The molecule has 0 aromatic heterocycles. The summed E-state index contributed by atoms with van der Waals surface area (Å²) in [6, 6.07) is 8.21. The largest absolute Gasteiger partial charge is 0.490 e. The van der Waals surface area contributed by atoms with Crippen molar-refractivity contribution in [1.82, 2.24) is 4.31 Å². The number of benzene rings is 2. The number of halogens is 1. The van der Waals surface area contributed by atoms with Crippen molar-refractivity contribution in [1.29, 1.82) is 0 Å². The summed E-state index contributed by atoms with van der Waals surface area (Å²) >= 11 is 6.33. The van der Waals surface area contributed by atoms with Crippen LogP contribution < -0.4 is 20.1 Å². The van der Waals surface area contributed by atoms with Gasteiger partial charge in [0, 0.05) is 37.3 Å². The maximum atomic E-state index is 13.0. The third-order valence-electron chi connectivity index (χ3n) is 5.71. The molecule has 2 N–H and O–H groups in total. The Morgan fingerprint density at radius 1 is 1.00 bits per heavy atom. The van der Waals surface area contributed by atoms with Gasteiger partial charge < -0.3 is 20.1 Å². The number of nitrogens with zero attached hydrogens (tertiary/aromatic N) is 1. The summed E-state index contributed by atoms with van der Waals surface area (Å²) in [6.07, 6.45) is 3.55. The summed E-state index contributed by atoms with van der Waals surface area (Å²) in [5.74, 6) is 0.829. The first-order valence-corrected chi connectivity index (χ1v) is 12.9. The molecule has 2 aromatic carbocycles. The Morgan fingerprint density at radius 2 is 1.70 bits per heavy atom. The van der Waals surface area contributed by atoms with Crippen molar-refractivity contribution in [2.45, 2.75) is 37.5 Å². The number of piperidine rings is 1. The third kappa shape index (κ3) is 5.54. The van der Waals surface area contributed by atoms with Crippen molar-refractivity contribution in [2.75, 3.05) is 43.5 Å². The summed E-state index contributed by atoms with van der Waals surface area (Å²) in [7, 11) is -3.59. The molecule has 178 valence electrons. The first-order valence-electron chi connectivity index (χ1n) is 11.1. The van der Waals surface area contributed by atoms with Gasteiger partial charge in [0.25, 0.3) is 0 Å². The Kier molecular flexibility index (Phi) is 7.31. The van der Waals surface area contributed by atoms with Gasteiger partial charge in [0.1, 0.15) is 0 Å². The van der Waals surface area contributed by atoms with E-state index in [9.17, 15) is 13.2 Å². The van der Waals surface area contributed by atoms with Gasteiger partial charge in [0.05, 0.1) is 35.4 Å². The van der Waals surface area contributed by atoms with E-state index in [1.165, 1.54) is 10.4 Å². The molecule has 8 nitrogen and oxygen atoms in total. The summed E-state index contributed by atoms with van der Waals surface area (Å²) in [6.45, 7) is 3.92. The number of hydrogen-bond donors (Lipinski definition) is 2. The molecule has 1 amide bonds. The van der Waals surface area contributed by atoms with Gasteiger partial charge in [-0.3, -0.25) is 4.79 Å². The third-order valence-corrected chi connectivity index (χ3v) is 7.92. The van der Waals surface area contributed by atoms with Crippen LogP contribution in [-0.2, 0) is 14.8 Å². The lowest BCUT2D eigenvalue weighted by Crippen LogP contribution is -2.35. The molecular weight excluding hydrogens is 466 g/mol. The Labute approximate surface area is 199 Å². The van der Waals surface area contributed by atoms with Crippen molar-refractivity contribution in [2.24, 2.45) is 0 Å². The molecule has 0 radical (unpaired) electrons. The van der Waals surface area contributed by atoms with Crippen LogP contribution in [0, 0.1) is 6.92 Å². The zero-order chi connectivity index (χ0) is 23.4. The van der Waals surface area contributed by atoms with E-state index >= 15 is 0 Å². The van der Waals surface area contributed by atoms with Crippen LogP contribution in [0.2, 0.25) is 5.02 Å². The highest BCUT2D eigenvalue weighted by molar-refractivity contribution is 7.89. The molecular formula is C23H28ClN3O5S. The average molecular weight is 494 g/mol. The van der Waals surface area contributed by atoms with E-state index in [0.29, 0.717) is 54.2 Å². The van der Waals surface area contributed by atoms with Gasteiger partial charge in [-0.05, 0) is 37.5 Å². The minimum Gasteiger partial charge on any atom is -0.490 e. The fraction of sp³-hybridized carbons (Fsp3) is 0.435. The smallest absolute Gasteiger partial charge is 0.243 e. The van der Waals surface area contributed by atoms with Gasteiger partial charge in [0.2, 0.25) is 15.9 Å². The van der Waals surface area contributed by atoms with Crippen LogP contribution in [0.3, 0.4) is 0 Å². The highest BCUT2D eigenvalue weighted by Gasteiger charge is 2.26. The molecule has 10 heteroatoms. The molecule has 1 fully saturated rings. The van der Waals surface area contributed by atoms with Crippen LogP contribution in [0.1, 0.15) is 31.2 Å². The number of hydrogen-bond acceptors (Lipinski definition) is 6. The van der Waals surface area contributed by atoms with Crippen LogP contribution in [0.15, 0.2) is 35.2 Å². The lowest BCUT2D eigenvalue weighted by atomic mass is 10.2. The molecule has 2 aliphatic rings. The van der Waals surface area contributed by atoms with Crippen LogP contribution in [0.25, 0.3) is 0 Å². The van der Waals surface area contributed by atoms with Crippen molar-refractivity contribution >= 4 is 38.9 Å². The average Bonchev–Trinajstić information content (AvgIpc) is 3.04. The number of sulfonamides is 1. The number of aryl methyl sites for hydroxylation is 1. The Balaban J connectivity index is 1.44. The predicted octanol–water partition coefficient (Wildman–Crippen LogP) is 4.03. The number of rotatable bonds is 6. The topological polar surface area (TPSA) is 97.0 Å². The second kappa shape index (κ2) is 10.2. The van der Waals surface area contributed by atoms with E-state index in [1.54, 1.807) is 24.3 Å². The molecule has 33 heavy (non-hydrogen) atoms. The van der Waals surface area contributed by atoms with E-state index in [4.69, 9.17) is 21.1 Å². The number of carbonyl (C=O) groups excluding carboxylic acids is 1. The fourth-order valence-corrected chi connectivity index (χ4v) is 5.60. The Morgan fingerprint density at radius 3 is 2.42 bits per heavy atom. The molecule has 0 bridgehead atoms. The molecule has 0 saturated carbocycles. The minimum absolute atomic E-state index is 0.0537. The van der Waals surface area contributed by atoms with Crippen molar-refractivity contribution < 1.29 is 22.7 Å². The Hall–Kier alpha value is -2.49. The van der Waals surface area contributed by atoms with Crippen molar-refractivity contribution in [3.63, 3.8) is 0 Å². The quantitative estimate of drug-likeness (QED) is 0.630. The number of amides is 1. The van der Waals surface area contributed by atoms with Crippen molar-refractivity contribution in [3.8, 4) is 11.5 Å². The van der Waals surface area contributed by atoms with E-state index in [-0.39, 0.29) is 17.3 Å². The molecule has 0 spiro atoms. The lowest BCUT2D eigenvalue weighted by molar-refractivity contribution is -0.114. The van der Waals surface area contributed by atoms with Crippen LogP contribution >= 0.6 is 11.6 Å². The fourth-order valence-electron chi connectivity index (χ4n) is 3.84. The first kappa shape index (κ1) is 23.7. The van der Waals surface area contributed by atoms with Crippen LogP contribution in [0.4, 0.5) is 11.4 Å². The van der Waals surface area contributed by atoms with Gasteiger partial charge in [0.15, 0.2) is 11.5 Å². The molecule has 2 aromatic rings. The zero-order valence-corrected chi connectivity index (χ0v) is 20.1. The van der Waals surface area contributed by atoms with Crippen LogP contribution in [0.5, 0.6) is 11.5 Å². The molecule has 2 heterocycles. The van der Waals surface area contributed by atoms with E-state index in [2.05, 4.69) is 10.6 Å². The lowest BCUT2D eigenvalue weighted by Gasteiger charge is -2.26. The summed E-state index contributed by atoms with van der Waals surface area (Å²) in [4.78, 5) is 12.8. The number of nitrogens with one attached hydrogen (secondary N) is 2. The summed E-state index contributed by atoms with van der Waals surface area (Å²) < 4.78 is 38.8. The van der Waals surface area contributed by atoms with Gasteiger partial charge in [-0.1, -0.05) is 24.1 Å². The van der Waals surface area contributed by atoms with E-state index < -0.39 is 10.0 Å². The first-order chi connectivity index (χ1) is 15.8. The normalized spacial score (nSPS) is 16.7. The number of anilines is 2. The molecule has 0 unspecified atom stereocenters. The molecule has 0 atom stereocenters. The number of carbonyl (C=O) groups is 1. The monoisotopic (exact) mass is 493 g/mol. The molecule has 1 saturated heterocycles. The molecule has 4 rings (SSSR count). The highest BCUT2D eigenvalue weighted by Crippen LogP contribution is 2.37. The van der Waals surface area contributed by atoms with E-state index in [1.807, 2.05) is 6.92 Å². The summed E-state index contributed by atoms with van der Waals surface area (Å²) in [5, 5.41) is 6.23. The molecule has 2 aliphatic heterocycles. The van der Waals surface area contributed by atoms with E-state index in [0.717, 1.165) is 31.2 Å². The maximum Gasteiger partial charge on any atom is 0.243 e. The Bertz CT molecular complexity index is 1130. The summed E-state index contributed by atoms with van der Waals surface area (Å²) in [5.41, 5.74) is 1.79. The number of fused-ring (bicyclic) bond motifs is 1. The second-order valence-corrected chi connectivity index (χ2v) is 10.5. The maximum absolute atomic E-state index is 13.0. The van der Waals surface area contributed by atoms with Gasteiger partial charge in [-0.2, -0.15) is 4.31 Å². The van der Waals surface area contributed by atoms with Crippen molar-refractivity contribution in [3.05, 3.63) is 40.9 Å². The number of ether oxygens (including phenoxy) is 2. The van der Waals surface area contributed by atoms with Gasteiger partial charge >= 0.3 is 0 Å². The van der Waals surface area contributed by atoms with Gasteiger partial charge in [-0.15, -0.1) is 0 Å². The predicted molar refractivity (Wildman–Crippen MR) is 128 cm³/mol. The van der Waals surface area contributed by atoms with Gasteiger partial charge in [-0.25, -0.2) is 8.42 Å². The second-order valence-electron chi connectivity index (χ2n) is 8.17. The highest BCUT2D eigenvalue weighted by atomic mass is 35.5. The SMILES string of the molecule is Cc1ccc(S(=O)(=O)N2CCCCC2)cc1NC(=O)CNc1cc2c(cc1Cl)OCCCO2.